The molecule has 15 heavy (non-hydrogen) atoms. The van der Waals surface area contributed by atoms with Gasteiger partial charge in [0.05, 0.1) is 0 Å². The molecule has 1 saturated heterocycles. The van der Waals surface area contributed by atoms with Gasteiger partial charge in [0.15, 0.2) is 0 Å². The van der Waals surface area contributed by atoms with Crippen LogP contribution in [0.5, 0.6) is 0 Å². The third kappa shape index (κ3) is 2.70. The number of carboxylic acids is 1. The Morgan fingerprint density at radius 1 is 1.27 bits per heavy atom. The van der Waals surface area contributed by atoms with E-state index in [4.69, 9.17) is 5.11 Å². The smallest absolute Gasteiger partial charge is 0.303 e. The van der Waals surface area contributed by atoms with E-state index in [-0.39, 0.29) is 6.42 Å². The van der Waals surface area contributed by atoms with Crippen molar-refractivity contribution in [2.24, 2.45) is 11.8 Å². The zero-order valence-electron chi connectivity index (χ0n) is 8.82. The fourth-order valence-electron chi connectivity index (χ4n) is 2.18. The molecule has 1 unspecified atom stereocenters. The highest BCUT2D eigenvalue weighted by Crippen LogP contribution is 2.33. The molecule has 1 N–H and O–H groups in total. The Kier molecular flexibility index (Phi) is 2.93. The Bertz CT molecular complexity index is 273. The van der Waals surface area contributed by atoms with Gasteiger partial charge in [-0.25, -0.2) is 0 Å². The summed E-state index contributed by atoms with van der Waals surface area (Å²) >= 11 is 0. The van der Waals surface area contributed by atoms with Crippen molar-refractivity contribution in [3.63, 3.8) is 0 Å². The van der Waals surface area contributed by atoms with Crippen molar-refractivity contribution < 1.29 is 14.7 Å². The second kappa shape index (κ2) is 4.21. The van der Waals surface area contributed by atoms with Crippen LogP contribution in [0.2, 0.25) is 0 Å². The van der Waals surface area contributed by atoms with Crippen LogP contribution >= 0.6 is 0 Å². The topological polar surface area (TPSA) is 57.6 Å². The van der Waals surface area contributed by atoms with E-state index in [2.05, 4.69) is 0 Å². The fraction of sp³-hybridized carbons (Fsp3) is 0.818. The van der Waals surface area contributed by atoms with E-state index in [1.807, 2.05) is 4.90 Å². The van der Waals surface area contributed by atoms with Crippen LogP contribution in [0.25, 0.3) is 0 Å². The van der Waals surface area contributed by atoms with E-state index < -0.39 is 5.97 Å². The Morgan fingerprint density at radius 3 is 2.60 bits per heavy atom. The molecule has 2 rings (SSSR count). The number of carbonyl (C=O) groups excluding carboxylic acids is 1. The number of rotatable bonds is 4. The SMILES string of the molecule is O=C(O)CCC1CCN(C(=O)C2CC2)C1. The van der Waals surface area contributed by atoms with E-state index in [0.29, 0.717) is 24.2 Å². The van der Waals surface area contributed by atoms with Gasteiger partial charge in [-0.05, 0) is 31.6 Å². The summed E-state index contributed by atoms with van der Waals surface area (Å²) in [5, 5.41) is 8.57. The molecule has 84 valence electrons. The van der Waals surface area contributed by atoms with Gasteiger partial charge in [-0.3, -0.25) is 9.59 Å². The van der Waals surface area contributed by atoms with E-state index in [1.165, 1.54) is 0 Å². The maximum Gasteiger partial charge on any atom is 0.303 e. The summed E-state index contributed by atoms with van der Waals surface area (Å²) in [4.78, 5) is 24.0. The number of likely N-dealkylation sites (tertiary alicyclic amines) is 1. The van der Waals surface area contributed by atoms with Crippen LogP contribution in [0.3, 0.4) is 0 Å². The number of hydrogen-bond acceptors (Lipinski definition) is 2. The van der Waals surface area contributed by atoms with Gasteiger partial charge in [-0.2, -0.15) is 0 Å². The molecule has 1 aliphatic carbocycles. The van der Waals surface area contributed by atoms with E-state index >= 15 is 0 Å². The van der Waals surface area contributed by atoms with Crippen molar-refractivity contribution in [2.75, 3.05) is 13.1 Å². The summed E-state index contributed by atoms with van der Waals surface area (Å²) in [7, 11) is 0. The van der Waals surface area contributed by atoms with Gasteiger partial charge in [0.1, 0.15) is 0 Å². The van der Waals surface area contributed by atoms with Crippen LogP contribution < -0.4 is 0 Å². The van der Waals surface area contributed by atoms with E-state index in [0.717, 1.165) is 32.4 Å². The molecule has 4 heteroatoms. The molecule has 0 bridgehead atoms. The van der Waals surface area contributed by atoms with Crippen LogP contribution in [-0.2, 0) is 9.59 Å². The van der Waals surface area contributed by atoms with Crippen molar-refractivity contribution >= 4 is 11.9 Å². The van der Waals surface area contributed by atoms with Crippen LogP contribution in [0.4, 0.5) is 0 Å². The lowest BCUT2D eigenvalue weighted by atomic mass is 10.0. The second-order valence-electron chi connectivity index (χ2n) is 4.65. The predicted molar refractivity (Wildman–Crippen MR) is 54.3 cm³/mol. The lowest BCUT2D eigenvalue weighted by molar-refractivity contribution is -0.137. The number of hydrogen-bond donors (Lipinski definition) is 1. The fourth-order valence-corrected chi connectivity index (χ4v) is 2.18. The molecule has 0 aromatic heterocycles. The highest BCUT2D eigenvalue weighted by atomic mass is 16.4. The number of aliphatic carboxylic acids is 1. The second-order valence-corrected chi connectivity index (χ2v) is 4.65. The average Bonchev–Trinajstić information content (AvgIpc) is 2.93. The Hall–Kier alpha value is -1.06. The number of amides is 1. The zero-order valence-corrected chi connectivity index (χ0v) is 8.82. The standard InChI is InChI=1S/C11H17NO3/c13-10(14)4-1-8-5-6-12(7-8)11(15)9-2-3-9/h8-9H,1-7H2,(H,13,14). The summed E-state index contributed by atoms with van der Waals surface area (Å²) in [5.74, 6) is 0.266. The molecule has 0 radical (unpaired) electrons. The number of carboxylic acid groups (broad SMARTS) is 1. The third-order valence-electron chi connectivity index (χ3n) is 3.29. The van der Waals surface area contributed by atoms with Gasteiger partial charge in [0.25, 0.3) is 0 Å². The van der Waals surface area contributed by atoms with Crippen LogP contribution in [0, 0.1) is 11.8 Å². The minimum Gasteiger partial charge on any atom is -0.481 e. The van der Waals surface area contributed by atoms with Crippen LogP contribution in [0.1, 0.15) is 32.1 Å². The molecule has 1 aliphatic heterocycles. The van der Waals surface area contributed by atoms with Gasteiger partial charge in [0, 0.05) is 25.4 Å². The molecule has 0 spiro atoms. The Labute approximate surface area is 89.3 Å². The molecule has 4 nitrogen and oxygen atoms in total. The van der Waals surface area contributed by atoms with Crippen molar-refractivity contribution in [1.29, 1.82) is 0 Å². The van der Waals surface area contributed by atoms with Crippen molar-refractivity contribution in [2.45, 2.75) is 32.1 Å². The van der Waals surface area contributed by atoms with Gasteiger partial charge in [-0.1, -0.05) is 0 Å². The molecular formula is C11H17NO3. The molecule has 1 amide bonds. The highest BCUT2D eigenvalue weighted by molar-refractivity contribution is 5.81. The third-order valence-corrected chi connectivity index (χ3v) is 3.29. The minimum absolute atomic E-state index is 0.232. The summed E-state index contributed by atoms with van der Waals surface area (Å²) in [5.41, 5.74) is 0. The van der Waals surface area contributed by atoms with Crippen molar-refractivity contribution in [3.05, 3.63) is 0 Å². The summed E-state index contributed by atoms with van der Waals surface area (Å²) in [6, 6.07) is 0. The van der Waals surface area contributed by atoms with Crippen molar-refractivity contribution in [3.8, 4) is 0 Å². The summed E-state index contributed by atoms with van der Waals surface area (Å²) in [6.07, 6.45) is 4.02. The first kappa shape index (κ1) is 10.5. The number of carbonyl (C=O) groups is 2. The lowest BCUT2D eigenvalue weighted by Crippen LogP contribution is -2.29. The lowest BCUT2D eigenvalue weighted by Gasteiger charge is -2.15. The predicted octanol–water partition coefficient (Wildman–Crippen LogP) is 1.11. The molecule has 2 aliphatic rings. The normalized spacial score (nSPS) is 25.6. The molecule has 2 fully saturated rings. The monoisotopic (exact) mass is 211 g/mol. The minimum atomic E-state index is -0.734. The van der Waals surface area contributed by atoms with Crippen molar-refractivity contribution in [1.82, 2.24) is 4.90 Å². The van der Waals surface area contributed by atoms with Crippen LogP contribution in [0.15, 0.2) is 0 Å². The molecule has 0 aromatic rings. The van der Waals surface area contributed by atoms with Gasteiger partial charge < -0.3 is 10.0 Å². The van der Waals surface area contributed by atoms with Gasteiger partial charge >= 0.3 is 5.97 Å². The van der Waals surface area contributed by atoms with Gasteiger partial charge in [0.2, 0.25) is 5.91 Å². The average molecular weight is 211 g/mol. The summed E-state index contributed by atoms with van der Waals surface area (Å²) in [6.45, 7) is 1.61. The van der Waals surface area contributed by atoms with E-state index in [1.54, 1.807) is 0 Å². The first-order valence-corrected chi connectivity index (χ1v) is 5.67. The molecular weight excluding hydrogens is 194 g/mol. The maximum absolute atomic E-state index is 11.7. The van der Waals surface area contributed by atoms with Gasteiger partial charge in [-0.15, -0.1) is 0 Å². The van der Waals surface area contributed by atoms with E-state index in [9.17, 15) is 9.59 Å². The van der Waals surface area contributed by atoms with Crippen LogP contribution in [-0.4, -0.2) is 35.0 Å². The first-order valence-electron chi connectivity index (χ1n) is 5.67. The highest BCUT2D eigenvalue weighted by Gasteiger charge is 2.36. The maximum atomic E-state index is 11.7. The molecule has 1 heterocycles. The molecule has 0 aromatic carbocycles. The zero-order chi connectivity index (χ0) is 10.8. The Balaban J connectivity index is 1.73. The summed E-state index contributed by atoms with van der Waals surface area (Å²) < 4.78 is 0. The quantitative estimate of drug-likeness (QED) is 0.757. The Morgan fingerprint density at radius 2 is 2.00 bits per heavy atom. The molecule has 1 saturated carbocycles. The number of nitrogens with zero attached hydrogens (tertiary/aromatic N) is 1. The molecule has 1 atom stereocenters. The largest absolute Gasteiger partial charge is 0.481 e. The first-order chi connectivity index (χ1) is 7.16.